The molecule has 1 aromatic heterocycles. The van der Waals surface area contributed by atoms with Crippen LogP contribution in [0, 0.1) is 0 Å². The van der Waals surface area contributed by atoms with Gasteiger partial charge in [-0.3, -0.25) is 14.7 Å². The van der Waals surface area contributed by atoms with E-state index in [1.165, 1.54) is 5.56 Å². The lowest BCUT2D eigenvalue weighted by Gasteiger charge is -2.34. The minimum atomic E-state index is -0.0980. The quantitative estimate of drug-likeness (QED) is 0.937. The lowest BCUT2D eigenvalue weighted by molar-refractivity contribution is 0.0625. The molecular formula is C17H19N3O2. The third-order valence-corrected chi connectivity index (χ3v) is 3.92. The smallest absolute Gasteiger partial charge is 0.257 e. The number of hydrogen-bond acceptors (Lipinski definition) is 4. The Morgan fingerprint density at radius 2 is 1.86 bits per heavy atom. The number of pyridine rings is 1. The Bertz CT molecular complexity index is 637. The zero-order valence-corrected chi connectivity index (χ0v) is 12.4. The van der Waals surface area contributed by atoms with Gasteiger partial charge < -0.3 is 10.0 Å². The number of nitrogens with zero attached hydrogens (tertiary/aromatic N) is 3. The molecule has 2 aromatic rings. The van der Waals surface area contributed by atoms with Gasteiger partial charge in [0.25, 0.3) is 5.91 Å². The third-order valence-electron chi connectivity index (χ3n) is 3.92. The summed E-state index contributed by atoms with van der Waals surface area (Å²) in [6.45, 7) is 3.86. The van der Waals surface area contributed by atoms with Gasteiger partial charge in [0.15, 0.2) is 0 Å². The second-order valence-corrected chi connectivity index (χ2v) is 5.45. The molecule has 0 atom stereocenters. The van der Waals surface area contributed by atoms with Crippen LogP contribution in [0.1, 0.15) is 15.9 Å². The van der Waals surface area contributed by atoms with E-state index in [-0.39, 0.29) is 11.7 Å². The maximum absolute atomic E-state index is 12.4. The van der Waals surface area contributed by atoms with Crippen LogP contribution in [0.2, 0.25) is 0 Å². The van der Waals surface area contributed by atoms with Crippen molar-refractivity contribution in [3.63, 3.8) is 0 Å². The van der Waals surface area contributed by atoms with Crippen LogP contribution in [0.4, 0.5) is 0 Å². The number of rotatable bonds is 3. The molecule has 0 spiro atoms. The van der Waals surface area contributed by atoms with E-state index in [1.807, 2.05) is 12.3 Å². The molecule has 1 amide bonds. The van der Waals surface area contributed by atoms with E-state index < -0.39 is 0 Å². The number of carbonyl (C=O) groups excluding carboxylic acids is 1. The molecule has 2 heterocycles. The number of carbonyl (C=O) groups is 1. The molecule has 0 bridgehead atoms. The van der Waals surface area contributed by atoms with Crippen molar-refractivity contribution in [3.8, 4) is 5.75 Å². The van der Waals surface area contributed by atoms with Gasteiger partial charge >= 0.3 is 0 Å². The number of amides is 1. The largest absolute Gasteiger partial charge is 0.507 e. The Morgan fingerprint density at radius 3 is 2.55 bits per heavy atom. The van der Waals surface area contributed by atoms with Gasteiger partial charge in [0.1, 0.15) is 5.75 Å². The number of phenols is 1. The molecule has 1 fully saturated rings. The lowest BCUT2D eigenvalue weighted by atomic mass is 10.1. The highest BCUT2D eigenvalue weighted by atomic mass is 16.3. The van der Waals surface area contributed by atoms with Gasteiger partial charge in [-0.25, -0.2) is 0 Å². The van der Waals surface area contributed by atoms with Crippen molar-refractivity contribution in [1.82, 2.24) is 14.8 Å². The monoisotopic (exact) mass is 297 g/mol. The molecule has 0 radical (unpaired) electrons. The van der Waals surface area contributed by atoms with Crippen molar-refractivity contribution in [3.05, 3.63) is 59.9 Å². The van der Waals surface area contributed by atoms with Crippen LogP contribution in [-0.2, 0) is 6.54 Å². The second kappa shape index (κ2) is 6.58. The molecule has 0 saturated carbocycles. The summed E-state index contributed by atoms with van der Waals surface area (Å²) in [6, 6.07) is 10.7. The molecule has 5 heteroatoms. The first-order valence-electron chi connectivity index (χ1n) is 7.42. The predicted molar refractivity (Wildman–Crippen MR) is 83.5 cm³/mol. The maximum atomic E-state index is 12.4. The van der Waals surface area contributed by atoms with Gasteiger partial charge in [-0.1, -0.05) is 18.2 Å². The summed E-state index contributed by atoms with van der Waals surface area (Å²) in [5, 5.41) is 9.79. The fourth-order valence-corrected chi connectivity index (χ4v) is 2.68. The fourth-order valence-electron chi connectivity index (χ4n) is 2.68. The van der Waals surface area contributed by atoms with E-state index in [4.69, 9.17) is 0 Å². The third kappa shape index (κ3) is 3.26. The van der Waals surface area contributed by atoms with Crippen molar-refractivity contribution in [2.75, 3.05) is 26.2 Å². The van der Waals surface area contributed by atoms with Crippen LogP contribution in [0.5, 0.6) is 5.75 Å². The van der Waals surface area contributed by atoms with E-state index in [1.54, 1.807) is 35.4 Å². The minimum absolute atomic E-state index is 0.0466. The van der Waals surface area contributed by atoms with Gasteiger partial charge in [-0.2, -0.15) is 0 Å². The molecular weight excluding hydrogens is 278 g/mol. The number of phenolic OH excluding ortho intramolecular Hbond substituents is 1. The van der Waals surface area contributed by atoms with Gasteiger partial charge in [0.2, 0.25) is 0 Å². The molecule has 5 nitrogen and oxygen atoms in total. The molecule has 0 aliphatic carbocycles. The zero-order chi connectivity index (χ0) is 15.4. The Hall–Kier alpha value is -2.40. The highest BCUT2D eigenvalue weighted by Gasteiger charge is 2.23. The van der Waals surface area contributed by atoms with Crippen molar-refractivity contribution in [2.24, 2.45) is 0 Å². The lowest BCUT2D eigenvalue weighted by Crippen LogP contribution is -2.48. The molecule has 1 aliphatic rings. The first-order chi connectivity index (χ1) is 10.7. The Balaban J connectivity index is 1.58. The normalized spacial score (nSPS) is 15.7. The van der Waals surface area contributed by atoms with Crippen LogP contribution in [0.15, 0.2) is 48.8 Å². The van der Waals surface area contributed by atoms with Crippen molar-refractivity contribution >= 4 is 5.91 Å². The Kier molecular flexibility index (Phi) is 4.34. The molecule has 3 rings (SSSR count). The molecule has 0 unspecified atom stereocenters. The second-order valence-electron chi connectivity index (χ2n) is 5.45. The van der Waals surface area contributed by atoms with Crippen LogP contribution >= 0.6 is 0 Å². The summed E-state index contributed by atoms with van der Waals surface area (Å²) < 4.78 is 0. The first kappa shape index (κ1) is 14.5. The Morgan fingerprint density at radius 1 is 1.09 bits per heavy atom. The fraction of sp³-hybridized carbons (Fsp3) is 0.294. The topological polar surface area (TPSA) is 56.7 Å². The number of aromatic nitrogens is 1. The first-order valence-corrected chi connectivity index (χ1v) is 7.42. The van der Waals surface area contributed by atoms with Gasteiger partial charge in [-0.05, 0) is 23.8 Å². The van der Waals surface area contributed by atoms with E-state index in [0.29, 0.717) is 18.7 Å². The summed E-state index contributed by atoms with van der Waals surface area (Å²) in [5.74, 6) is -0.0515. The molecule has 1 aromatic carbocycles. The summed E-state index contributed by atoms with van der Waals surface area (Å²) in [6.07, 6.45) is 3.64. The van der Waals surface area contributed by atoms with Crippen LogP contribution in [0.25, 0.3) is 0 Å². The predicted octanol–water partition coefficient (Wildman–Crippen LogP) is 1.75. The molecule has 114 valence electrons. The Labute approximate surface area is 129 Å². The van der Waals surface area contributed by atoms with E-state index in [9.17, 15) is 9.90 Å². The molecule has 1 N–H and O–H groups in total. The molecule has 1 saturated heterocycles. The van der Waals surface area contributed by atoms with Crippen molar-refractivity contribution in [1.29, 1.82) is 0 Å². The standard InChI is InChI=1S/C17H19N3O2/c21-16-6-2-1-5-15(16)17(22)20-10-8-19(9-11-20)13-14-4-3-7-18-12-14/h1-7,12,21H,8-11,13H2. The van der Waals surface area contributed by atoms with Crippen molar-refractivity contribution in [2.45, 2.75) is 6.54 Å². The minimum Gasteiger partial charge on any atom is -0.507 e. The summed E-state index contributed by atoms with van der Waals surface area (Å²) in [5.41, 5.74) is 1.56. The zero-order valence-electron chi connectivity index (χ0n) is 12.4. The van der Waals surface area contributed by atoms with Gasteiger partial charge in [0.05, 0.1) is 5.56 Å². The van der Waals surface area contributed by atoms with Crippen LogP contribution < -0.4 is 0 Å². The number of benzene rings is 1. The number of hydrogen-bond donors (Lipinski definition) is 1. The number of para-hydroxylation sites is 1. The maximum Gasteiger partial charge on any atom is 0.257 e. The van der Waals surface area contributed by atoms with Crippen molar-refractivity contribution < 1.29 is 9.90 Å². The summed E-state index contributed by atoms with van der Waals surface area (Å²) >= 11 is 0. The van der Waals surface area contributed by atoms with Gasteiger partial charge in [-0.15, -0.1) is 0 Å². The van der Waals surface area contributed by atoms with E-state index in [0.717, 1.165) is 19.6 Å². The van der Waals surface area contributed by atoms with Crippen LogP contribution in [-0.4, -0.2) is 52.0 Å². The van der Waals surface area contributed by atoms with E-state index >= 15 is 0 Å². The highest BCUT2D eigenvalue weighted by molar-refractivity contribution is 5.96. The molecule has 22 heavy (non-hydrogen) atoms. The SMILES string of the molecule is O=C(c1ccccc1O)N1CCN(Cc2cccnc2)CC1. The van der Waals surface area contributed by atoms with E-state index in [2.05, 4.69) is 16.0 Å². The summed E-state index contributed by atoms with van der Waals surface area (Å²) in [7, 11) is 0. The highest BCUT2D eigenvalue weighted by Crippen LogP contribution is 2.19. The average Bonchev–Trinajstić information content (AvgIpc) is 2.56. The molecule has 1 aliphatic heterocycles. The summed E-state index contributed by atoms with van der Waals surface area (Å²) in [4.78, 5) is 20.7. The average molecular weight is 297 g/mol. The number of aromatic hydroxyl groups is 1. The van der Waals surface area contributed by atoms with Crippen LogP contribution in [0.3, 0.4) is 0 Å². The number of piperazine rings is 1. The van der Waals surface area contributed by atoms with Gasteiger partial charge in [0, 0.05) is 45.1 Å².